The number of nitrogens with zero attached hydrogens (tertiary/aromatic N) is 2. The van der Waals surface area contributed by atoms with Crippen LogP contribution in [0.15, 0.2) is 71.8 Å². The molecule has 2 heterocycles. The largest absolute Gasteiger partial charge is 0.491 e. The Balaban J connectivity index is 1.66. The predicted molar refractivity (Wildman–Crippen MR) is 121 cm³/mol. The fraction of sp³-hybridized carbons (Fsp3) is 0.240. The van der Waals surface area contributed by atoms with Crippen LogP contribution in [-0.4, -0.2) is 41.5 Å². The normalized spacial score (nSPS) is 13.0. The highest BCUT2D eigenvalue weighted by Crippen LogP contribution is 2.23. The molecular formula is C25H25N3O4. The second-order valence-corrected chi connectivity index (χ2v) is 7.65. The van der Waals surface area contributed by atoms with E-state index < -0.39 is 17.2 Å². The number of nitrogens with one attached hydrogen (secondary N) is 1. The second-order valence-electron chi connectivity index (χ2n) is 7.65. The van der Waals surface area contributed by atoms with Crippen molar-refractivity contribution in [2.45, 2.75) is 19.5 Å². The molecule has 0 saturated carbocycles. The first-order valence-electron chi connectivity index (χ1n) is 10.6. The fourth-order valence-corrected chi connectivity index (χ4v) is 3.78. The maximum atomic E-state index is 13.4. The SMILES string of the molecule is CNC(=O)c1cn(CCc2ccccc2)cc(C(=O)N2CCOc3ccccc3C2)c1=O. The van der Waals surface area contributed by atoms with Crippen molar-refractivity contribution < 1.29 is 14.3 Å². The number of rotatable bonds is 5. The summed E-state index contributed by atoms with van der Waals surface area (Å²) in [4.78, 5) is 40.4. The summed E-state index contributed by atoms with van der Waals surface area (Å²) in [6.07, 6.45) is 3.77. The van der Waals surface area contributed by atoms with Crippen molar-refractivity contribution in [3.63, 3.8) is 0 Å². The first kappa shape index (κ1) is 21.4. The molecule has 0 atom stereocenters. The number of pyridine rings is 1. The van der Waals surface area contributed by atoms with E-state index in [0.717, 1.165) is 16.9 Å². The summed E-state index contributed by atoms with van der Waals surface area (Å²) in [6.45, 7) is 1.55. The molecule has 0 unspecified atom stereocenters. The van der Waals surface area contributed by atoms with Gasteiger partial charge in [-0.3, -0.25) is 14.4 Å². The van der Waals surface area contributed by atoms with Crippen molar-refractivity contribution in [1.82, 2.24) is 14.8 Å². The van der Waals surface area contributed by atoms with Crippen LogP contribution >= 0.6 is 0 Å². The van der Waals surface area contributed by atoms with Crippen LogP contribution in [0.2, 0.25) is 0 Å². The number of amides is 2. The number of hydrogen-bond donors (Lipinski definition) is 1. The topological polar surface area (TPSA) is 80.6 Å². The molecule has 1 aliphatic heterocycles. The third kappa shape index (κ3) is 4.56. The lowest BCUT2D eigenvalue weighted by atomic mass is 10.1. The van der Waals surface area contributed by atoms with Gasteiger partial charge in [0.05, 0.1) is 6.54 Å². The summed E-state index contributed by atoms with van der Waals surface area (Å²) in [7, 11) is 1.47. The van der Waals surface area contributed by atoms with Crippen molar-refractivity contribution in [3.8, 4) is 5.75 Å². The van der Waals surface area contributed by atoms with Crippen molar-refractivity contribution in [2.24, 2.45) is 0 Å². The molecule has 7 heteroatoms. The second kappa shape index (κ2) is 9.51. The molecule has 3 aromatic rings. The van der Waals surface area contributed by atoms with E-state index in [4.69, 9.17) is 4.74 Å². The average molecular weight is 431 g/mol. The molecule has 1 N–H and O–H groups in total. The third-order valence-electron chi connectivity index (χ3n) is 5.52. The Hall–Kier alpha value is -3.87. The lowest BCUT2D eigenvalue weighted by molar-refractivity contribution is 0.0731. The number of fused-ring (bicyclic) bond motifs is 1. The Morgan fingerprint density at radius 1 is 1.00 bits per heavy atom. The van der Waals surface area contributed by atoms with E-state index in [1.165, 1.54) is 13.2 Å². The van der Waals surface area contributed by atoms with Crippen LogP contribution in [0.1, 0.15) is 31.8 Å². The number of hydrogen-bond acceptors (Lipinski definition) is 4. The standard InChI is InChI=1S/C25H25N3O4/c1-26-24(30)20-16-27(12-11-18-7-3-2-4-8-18)17-21(23(20)29)25(31)28-13-14-32-22-10-6-5-9-19(22)15-28/h2-10,16-17H,11-15H2,1H3,(H,26,30). The predicted octanol–water partition coefficient (Wildman–Crippen LogP) is 2.49. The first-order chi connectivity index (χ1) is 15.6. The van der Waals surface area contributed by atoms with Gasteiger partial charge in [-0.15, -0.1) is 0 Å². The molecule has 0 spiro atoms. The summed E-state index contributed by atoms with van der Waals surface area (Å²) in [5.41, 5.74) is 1.38. The van der Waals surface area contributed by atoms with Crippen molar-refractivity contribution >= 4 is 11.8 Å². The highest BCUT2D eigenvalue weighted by atomic mass is 16.5. The minimum Gasteiger partial charge on any atom is -0.491 e. The molecule has 32 heavy (non-hydrogen) atoms. The third-order valence-corrected chi connectivity index (χ3v) is 5.52. The molecule has 0 aliphatic carbocycles. The molecule has 0 fully saturated rings. The zero-order valence-electron chi connectivity index (χ0n) is 17.9. The minimum absolute atomic E-state index is 0.0152. The van der Waals surface area contributed by atoms with Crippen LogP contribution in [0.4, 0.5) is 0 Å². The number of ether oxygens (including phenoxy) is 1. The fourth-order valence-electron chi connectivity index (χ4n) is 3.78. The number of aryl methyl sites for hydroxylation is 2. The Kier molecular flexibility index (Phi) is 6.35. The van der Waals surface area contributed by atoms with Crippen LogP contribution in [-0.2, 0) is 19.5 Å². The van der Waals surface area contributed by atoms with E-state index in [1.807, 2.05) is 54.6 Å². The molecule has 7 nitrogen and oxygen atoms in total. The van der Waals surface area contributed by atoms with Crippen LogP contribution < -0.4 is 15.5 Å². The van der Waals surface area contributed by atoms with Crippen LogP contribution in [0.5, 0.6) is 5.75 Å². The van der Waals surface area contributed by atoms with Crippen molar-refractivity contribution in [3.05, 3.63) is 99.5 Å². The van der Waals surface area contributed by atoms with Gasteiger partial charge in [0.2, 0.25) is 5.43 Å². The van der Waals surface area contributed by atoms with Gasteiger partial charge >= 0.3 is 0 Å². The van der Waals surface area contributed by atoms with Gasteiger partial charge in [0.15, 0.2) is 0 Å². The van der Waals surface area contributed by atoms with E-state index in [2.05, 4.69) is 5.32 Å². The smallest absolute Gasteiger partial charge is 0.259 e. The molecule has 2 amide bonds. The van der Waals surface area contributed by atoms with Gasteiger partial charge in [0.1, 0.15) is 23.5 Å². The summed E-state index contributed by atoms with van der Waals surface area (Å²) in [5.74, 6) is -0.181. The van der Waals surface area contributed by atoms with Gasteiger partial charge in [-0.2, -0.15) is 0 Å². The highest BCUT2D eigenvalue weighted by Gasteiger charge is 2.25. The van der Waals surface area contributed by atoms with Crippen molar-refractivity contribution in [1.29, 1.82) is 0 Å². The summed E-state index contributed by atoms with van der Waals surface area (Å²) in [6, 6.07) is 17.5. The van der Waals surface area contributed by atoms with Gasteiger partial charge in [-0.05, 0) is 18.1 Å². The van der Waals surface area contributed by atoms with Crippen LogP contribution in [0.25, 0.3) is 0 Å². The molecule has 0 saturated heterocycles. The zero-order valence-corrected chi connectivity index (χ0v) is 17.9. The van der Waals surface area contributed by atoms with Crippen LogP contribution in [0, 0.1) is 0 Å². The summed E-state index contributed by atoms with van der Waals surface area (Å²) >= 11 is 0. The van der Waals surface area contributed by atoms with E-state index >= 15 is 0 Å². The Labute approximate surface area is 186 Å². The molecular weight excluding hydrogens is 406 g/mol. The molecule has 1 aliphatic rings. The number of aromatic nitrogens is 1. The van der Waals surface area contributed by atoms with E-state index in [0.29, 0.717) is 32.7 Å². The highest BCUT2D eigenvalue weighted by molar-refractivity contribution is 5.99. The maximum absolute atomic E-state index is 13.4. The first-order valence-corrected chi connectivity index (χ1v) is 10.6. The molecule has 0 bridgehead atoms. The molecule has 2 aromatic carbocycles. The Morgan fingerprint density at radius 2 is 1.72 bits per heavy atom. The molecule has 4 rings (SSSR count). The summed E-state index contributed by atoms with van der Waals surface area (Å²) < 4.78 is 7.49. The lowest BCUT2D eigenvalue weighted by Gasteiger charge is -2.20. The molecule has 1 aromatic heterocycles. The monoisotopic (exact) mass is 431 g/mol. The Bertz CT molecular complexity index is 1190. The van der Waals surface area contributed by atoms with Gasteiger partial charge in [-0.1, -0.05) is 48.5 Å². The van der Waals surface area contributed by atoms with Gasteiger partial charge in [0, 0.05) is 38.1 Å². The zero-order chi connectivity index (χ0) is 22.5. The quantitative estimate of drug-likeness (QED) is 0.673. The Morgan fingerprint density at radius 3 is 2.50 bits per heavy atom. The maximum Gasteiger partial charge on any atom is 0.259 e. The van der Waals surface area contributed by atoms with E-state index in [9.17, 15) is 14.4 Å². The number of carbonyl (C=O) groups is 2. The van der Waals surface area contributed by atoms with Gasteiger partial charge < -0.3 is 19.5 Å². The van der Waals surface area contributed by atoms with E-state index in [-0.39, 0.29) is 11.1 Å². The molecule has 0 radical (unpaired) electrons. The average Bonchev–Trinajstić information content (AvgIpc) is 3.05. The van der Waals surface area contributed by atoms with E-state index in [1.54, 1.807) is 15.7 Å². The number of benzene rings is 2. The molecule has 164 valence electrons. The van der Waals surface area contributed by atoms with Gasteiger partial charge in [0.25, 0.3) is 11.8 Å². The van der Waals surface area contributed by atoms with Crippen molar-refractivity contribution in [2.75, 3.05) is 20.2 Å². The number of carbonyl (C=O) groups excluding carboxylic acids is 2. The lowest BCUT2D eigenvalue weighted by Crippen LogP contribution is -2.38. The summed E-state index contributed by atoms with van der Waals surface area (Å²) in [5, 5.41) is 2.49. The van der Waals surface area contributed by atoms with Gasteiger partial charge in [-0.25, -0.2) is 0 Å². The van der Waals surface area contributed by atoms with Crippen LogP contribution in [0.3, 0.4) is 0 Å². The number of para-hydroxylation sites is 1. The minimum atomic E-state index is -0.566.